The summed E-state index contributed by atoms with van der Waals surface area (Å²) < 4.78 is 16.3. The minimum Gasteiger partial charge on any atom is -0.355 e. The predicted octanol–water partition coefficient (Wildman–Crippen LogP) is 1.43. The number of nitrogens with one attached hydrogen (secondary N) is 1. The van der Waals surface area contributed by atoms with Gasteiger partial charge in [0.05, 0.1) is 5.69 Å². The Labute approximate surface area is 177 Å². The first-order chi connectivity index (χ1) is 14.9. The van der Waals surface area contributed by atoms with E-state index >= 15 is 0 Å². The normalized spacial score (nSPS) is 13.1. The Morgan fingerprint density at radius 2 is 1.94 bits per heavy atom. The van der Waals surface area contributed by atoms with Gasteiger partial charge in [-0.3, -0.25) is 23.6 Å². The monoisotopic (exact) mass is 423 g/mol. The van der Waals surface area contributed by atoms with Crippen LogP contribution in [0.15, 0.2) is 47.5 Å². The highest BCUT2D eigenvalue weighted by Crippen LogP contribution is 2.22. The lowest BCUT2D eigenvalue weighted by atomic mass is 9.95. The lowest BCUT2D eigenvalue weighted by Crippen LogP contribution is -2.41. The van der Waals surface area contributed by atoms with Gasteiger partial charge in [-0.1, -0.05) is 0 Å². The number of nitrogens with zero attached hydrogens (tertiary/aromatic N) is 4. The first-order valence-electron chi connectivity index (χ1n) is 9.90. The van der Waals surface area contributed by atoms with Crippen molar-refractivity contribution in [2.24, 2.45) is 0 Å². The molecule has 0 atom stereocenters. The summed E-state index contributed by atoms with van der Waals surface area (Å²) in [5.41, 5.74) is 2.20. The van der Waals surface area contributed by atoms with Gasteiger partial charge in [0.2, 0.25) is 5.91 Å². The number of carbonyl (C=O) groups excluding carboxylic acids is 2. The molecular weight excluding hydrogens is 401 g/mol. The summed E-state index contributed by atoms with van der Waals surface area (Å²) in [6.07, 6.45) is 3.78. The van der Waals surface area contributed by atoms with Crippen LogP contribution < -0.4 is 10.9 Å². The van der Waals surface area contributed by atoms with Crippen molar-refractivity contribution in [1.29, 1.82) is 0 Å². The Morgan fingerprint density at radius 1 is 1.19 bits per heavy atom. The van der Waals surface area contributed by atoms with Crippen LogP contribution >= 0.6 is 0 Å². The highest BCUT2D eigenvalue weighted by molar-refractivity contribution is 5.95. The number of amides is 2. The zero-order valence-electron chi connectivity index (χ0n) is 17.3. The van der Waals surface area contributed by atoms with Crippen LogP contribution in [0.3, 0.4) is 0 Å². The second-order valence-electron chi connectivity index (χ2n) is 7.46. The van der Waals surface area contributed by atoms with Crippen LogP contribution in [-0.4, -0.2) is 44.7 Å². The Kier molecular flexibility index (Phi) is 5.41. The lowest BCUT2D eigenvalue weighted by Gasteiger charge is -2.30. The van der Waals surface area contributed by atoms with Crippen molar-refractivity contribution in [2.45, 2.75) is 26.4 Å². The number of benzene rings is 1. The summed E-state index contributed by atoms with van der Waals surface area (Å²) in [7, 11) is 1.47. The van der Waals surface area contributed by atoms with Crippen LogP contribution in [0.4, 0.5) is 4.39 Å². The number of pyridine rings is 1. The summed E-state index contributed by atoms with van der Waals surface area (Å²) in [5.74, 6) is -1.01. The second kappa shape index (κ2) is 8.17. The van der Waals surface area contributed by atoms with E-state index in [1.807, 2.05) is 13.0 Å². The Balaban J connectivity index is 1.72. The van der Waals surface area contributed by atoms with Crippen LogP contribution in [0.1, 0.15) is 27.2 Å². The number of halogens is 1. The van der Waals surface area contributed by atoms with Crippen LogP contribution in [-0.2, 0) is 24.3 Å². The molecule has 0 saturated heterocycles. The predicted molar refractivity (Wildman–Crippen MR) is 111 cm³/mol. The maximum absolute atomic E-state index is 13.4. The molecule has 1 aromatic carbocycles. The van der Waals surface area contributed by atoms with E-state index in [0.717, 1.165) is 5.69 Å². The average Bonchev–Trinajstić information content (AvgIpc) is 3.17. The third-order valence-electron chi connectivity index (χ3n) is 5.38. The smallest absolute Gasteiger partial charge is 0.268 e. The standard InChI is InChI=1S/C22H22FN5O3/c1-14-7-10-27(25-14)13-19(29)26-9-8-18-15(11-26)12-28(17-5-3-16(23)4-6-17)22(31)20(18)21(30)24-2/h3-7,10,12H,8-9,11,13H2,1-2H3,(H,24,30). The van der Waals surface area contributed by atoms with Crippen LogP contribution in [0.2, 0.25) is 0 Å². The molecule has 2 amide bonds. The first kappa shape index (κ1) is 20.5. The molecule has 0 bridgehead atoms. The largest absolute Gasteiger partial charge is 0.355 e. The number of rotatable bonds is 4. The number of aryl methyl sites for hydroxylation is 1. The van der Waals surface area contributed by atoms with Gasteiger partial charge >= 0.3 is 0 Å². The molecule has 0 spiro atoms. The molecule has 9 heteroatoms. The Bertz CT molecular complexity index is 1210. The average molecular weight is 423 g/mol. The van der Waals surface area contributed by atoms with E-state index in [0.29, 0.717) is 29.8 Å². The van der Waals surface area contributed by atoms with Crippen LogP contribution in [0, 0.1) is 12.7 Å². The molecule has 31 heavy (non-hydrogen) atoms. The van der Waals surface area contributed by atoms with Crippen molar-refractivity contribution in [3.05, 3.63) is 81.3 Å². The summed E-state index contributed by atoms with van der Waals surface area (Å²) in [5, 5.41) is 6.78. The zero-order valence-corrected chi connectivity index (χ0v) is 17.3. The first-order valence-corrected chi connectivity index (χ1v) is 9.90. The molecule has 3 heterocycles. The molecule has 0 fully saturated rings. The summed E-state index contributed by atoms with van der Waals surface area (Å²) in [4.78, 5) is 40.1. The molecule has 1 N–H and O–H groups in total. The quantitative estimate of drug-likeness (QED) is 0.688. The molecule has 3 aromatic rings. The number of hydrogen-bond donors (Lipinski definition) is 1. The van der Waals surface area contributed by atoms with Gasteiger partial charge < -0.3 is 10.2 Å². The fraction of sp³-hybridized carbons (Fsp3) is 0.273. The molecule has 160 valence electrons. The maximum atomic E-state index is 13.4. The molecule has 2 aromatic heterocycles. The van der Waals surface area contributed by atoms with E-state index in [1.54, 1.807) is 22.0 Å². The molecular formula is C22H22FN5O3. The Hall–Kier alpha value is -3.75. The Morgan fingerprint density at radius 3 is 2.58 bits per heavy atom. The van der Waals surface area contributed by atoms with E-state index < -0.39 is 17.3 Å². The highest BCUT2D eigenvalue weighted by atomic mass is 19.1. The molecule has 4 rings (SSSR count). The van der Waals surface area contributed by atoms with Crippen molar-refractivity contribution in [3.8, 4) is 5.69 Å². The highest BCUT2D eigenvalue weighted by Gasteiger charge is 2.28. The van der Waals surface area contributed by atoms with Crippen molar-refractivity contribution in [3.63, 3.8) is 0 Å². The van der Waals surface area contributed by atoms with Crippen LogP contribution in [0.5, 0.6) is 0 Å². The van der Waals surface area contributed by atoms with Gasteiger partial charge in [-0.25, -0.2) is 4.39 Å². The van der Waals surface area contributed by atoms with E-state index in [2.05, 4.69) is 10.4 Å². The maximum Gasteiger partial charge on any atom is 0.268 e. The van der Waals surface area contributed by atoms with Crippen LogP contribution in [0.25, 0.3) is 5.69 Å². The third-order valence-corrected chi connectivity index (χ3v) is 5.38. The molecule has 1 aliphatic rings. The van der Waals surface area contributed by atoms with Gasteiger partial charge in [-0.2, -0.15) is 5.10 Å². The van der Waals surface area contributed by atoms with E-state index in [1.165, 1.54) is 35.9 Å². The SMILES string of the molecule is CNC(=O)c1c2c(cn(-c3ccc(F)cc3)c1=O)CN(C(=O)Cn1ccc(C)n1)CC2. The van der Waals surface area contributed by atoms with Crippen molar-refractivity contribution in [2.75, 3.05) is 13.6 Å². The van der Waals surface area contributed by atoms with Gasteiger partial charge in [-0.05, 0) is 54.8 Å². The van der Waals surface area contributed by atoms with Gasteiger partial charge in [0.15, 0.2) is 0 Å². The van der Waals surface area contributed by atoms with E-state index in [9.17, 15) is 18.8 Å². The second-order valence-corrected chi connectivity index (χ2v) is 7.46. The molecule has 1 aliphatic heterocycles. The van der Waals surface area contributed by atoms with Gasteiger partial charge in [0, 0.05) is 38.2 Å². The van der Waals surface area contributed by atoms with E-state index in [-0.39, 0.29) is 24.6 Å². The molecule has 0 radical (unpaired) electrons. The summed E-state index contributed by atoms with van der Waals surface area (Å²) >= 11 is 0. The fourth-order valence-corrected chi connectivity index (χ4v) is 3.81. The fourth-order valence-electron chi connectivity index (χ4n) is 3.81. The molecule has 8 nitrogen and oxygen atoms in total. The van der Waals surface area contributed by atoms with Crippen molar-refractivity contribution >= 4 is 11.8 Å². The minimum absolute atomic E-state index is 0.0547. The number of fused-ring (bicyclic) bond motifs is 1. The zero-order chi connectivity index (χ0) is 22.1. The summed E-state index contributed by atoms with van der Waals surface area (Å²) in [6, 6.07) is 7.28. The topological polar surface area (TPSA) is 89.2 Å². The molecule has 0 aliphatic carbocycles. The number of carbonyl (C=O) groups is 2. The summed E-state index contributed by atoms with van der Waals surface area (Å²) in [6.45, 7) is 2.63. The third kappa shape index (κ3) is 3.98. The van der Waals surface area contributed by atoms with Gasteiger partial charge in [0.25, 0.3) is 11.5 Å². The van der Waals surface area contributed by atoms with E-state index in [4.69, 9.17) is 0 Å². The lowest BCUT2D eigenvalue weighted by molar-refractivity contribution is -0.133. The molecule has 0 saturated carbocycles. The number of hydrogen-bond acceptors (Lipinski definition) is 4. The van der Waals surface area contributed by atoms with Gasteiger partial charge in [0.1, 0.15) is 17.9 Å². The van der Waals surface area contributed by atoms with Gasteiger partial charge in [-0.15, -0.1) is 0 Å². The molecule has 0 unspecified atom stereocenters. The van der Waals surface area contributed by atoms with Crippen molar-refractivity contribution in [1.82, 2.24) is 24.6 Å². The van der Waals surface area contributed by atoms with Crippen molar-refractivity contribution < 1.29 is 14.0 Å². The minimum atomic E-state index is -0.482. The number of aromatic nitrogens is 3.